The van der Waals surface area contributed by atoms with Crippen molar-refractivity contribution in [2.45, 2.75) is 13.0 Å². The molecule has 0 aliphatic carbocycles. The van der Waals surface area contributed by atoms with Crippen LogP contribution in [0.2, 0.25) is 0 Å². The van der Waals surface area contributed by atoms with Gasteiger partial charge >= 0.3 is 5.97 Å². The summed E-state index contributed by atoms with van der Waals surface area (Å²) in [5.74, 6) is -1.36. The van der Waals surface area contributed by atoms with Gasteiger partial charge < -0.3 is 20.5 Å². The number of likely N-dealkylation sites (tertiary alicyclic amines) is 1. The van der Waals surface area contributed by atoms with Crippen molar-refractivity contribution >= 4 is 11.9 Å². The number of amides is 1. The molecule has 2 heterocycles. The lowest BCUT2D eigenvalue weighted by molar-refractivity contribution is -0.157. The highest BCUT2D eigenvalue weighted by atomic mass is 16.5. The van der Waals surface area contributed by atoms with E-state index >= 15 is 0 Å². The second-order valence-corrected chi connectivity index (χ2v) is 4.78. The summed E-state index contributed by atoms with van der Waals surface area (Å²) in [4.78, 5) is 24.3. The first-order chi connectivity index (χ1) is 7.45. The van der Waals surface area contributed by atoms with Crippen LogP contribution < -0.4 is 5.73 Å². The van der Waals surface area contributed by atoms with Crippen molar-refractivity contribution in [3.05, 3.63) is 0 Å². The Bertz CT molecular complexity index is 327. The van der Waals surface area contributed by atoms with Crippen LogP contribution in [0.5, 0.6) is 0 Å². The highest BCUT2D eigenvalue weighted by molar-refractivity contribution is 5.86. The predicted molar refractivity (Wildman–Crippen MR) is 54.6 cm³/mol. The van der Waals surface area contributed by atoms with Gasteiger partial charge in [0.1, 0.15) is 0 Å². The van der Waals surface area contributed by atoms with Crippen molar-refractivity contribution in [1.82, 2.24) is 4.90 Å². The molecular weight excluding hydrogens is 212 g/mol. The molecule has 0 aromatic rings. The molecule has 2 aliphatic rings. The van der Waals surface area contributed by atoms with E-state index < -0.39 is 17.3 Å². The van der Waals surface area contributed by atoms with Crippen molar-refractivity contribution in [2.24, 2.45) is 17.1 Å². The van der Waals surface area contributed by atoms with Crippen LogP contribution >= 0.6 is 0 Å². The fraction of sp³-hybridized carbons (Fsp3) is 0.800. The van der Waals surface area contributed by atoms with Gasteiger partial charge in [0.2, 0.25) is 5.91 Å². The second-order valence-electron chi connectivity index (χ2n) is 4.78. The molecular formula is C10H16N2O4. The Balaban J connectivity index is 1.97. The van der Waals surface area contributed by atoms with E-state index in [0.29, 0.717) is 13.2 Å². The highest BCUT2D eigenvalue weighted by Gasteiger charge is 2.49. The molecule has 16 heavy (non-hydrogen) atoms. The molecule has 2 fully saturated rings. The molecule has 0 aromatic carbocycles. The van der Waals surface area contributed by atoms with Crippen LogP contribution in [0.1, 0.15) is 6.92 Å². The van der Waals surface area contributed by atoms with E-state index in [1.807, 2.05) is 0 Å². The van der Waals surface area contributed by atoms with Gasteiger partial charge in [-0.05, 0) is 6.92 Å². The van der Waals surface area contributed by atoms with E-state index in [4.69, 9.17) is 15.6 Å². The van der Waals surface area contributed by atoms with Gasteiger partial charge in [-0.2, -0.15) is 0 Å². The Morgan fingerprint density at radius 1 is 1.50 bits per heavy atom. The Kier molecular flexibility index (Phi) is 2.63. The largest absolute Gasteiger partial charge is 0.481 e. The number of carboxylic acid groups (broad SMARTS) is 1. The van der Waals surface area contributed by atoms with Crippen LogP contribution in [0.4, 0.5) is 0 Å². The number of carboxylic acids is 1. The molecule has 0 radical (unpaired) electrons. The lowest BCUT2D eigenvalue weighted by atomic mass is 9.82. The van der Waals surface area contributed by atoms with Crippen molar-refractivity contribution in [3.8, 4) is 0 Å². The smallest absolute Gasteiger partial charge is 0.310 e. The SMILES string of the molecule is CC1(C(=O)N2CC(C(=O)O)C2)COCC1N. The van der Waals surface area contributed by atoms with Crippen LogP contribution in [-0.4, -0.2) is 54.2 Å². The summed E-state index contributed by atoms with van der Waals surface area (Å²) in [5.41, 5.74) is 5.15. The molecule has 90 valence electrons. The number of aliphatic carboxylic acids is 1. The van der Waals surface area contributed by atoms with Crippen LogP contribution in [-0.2, 0) is 14.3 Å². The molecule has 6 heteroatoms. The van der Waals surface area contributed by atoms with Crippen LogP contribution in [0.25, 0.3) is 0 Å². The lowest BCUT2D eigenvalue weighted by Crippen LogP contribution is -2.60. The summed E-state index contributed by atoms with van der Waals surface area (Å²) in [5, 5.41) is 8.73. The maximum absolute atomic E-state index is 12.1. The normalized spacial score (nSPS) is 34.9. The monoisotopic (exact) mass is 228 g/mol. The van der Waals surface area contributed by atoms with Gasteiger partial charge in [-0.3, -0.25) is 9.59 Å². The average Bonchev–Trinajstić information content (AvgIpc) is 2.45. The predicted octanol–water partition coefficient (Wildman–Crippen LogP) is -1.11. The van der Waals surface area contributed by atoms with E-state index in [9.17, 15) is 9.59 Å². The summed E-state index contributed by atoms with van der Waals surface area (Å²) in [6.45, 7) is 3.06. The van der Waals surface area contributed by atoms with Gasteiger partial charge in [-0.25, -0.2) is 0 Å². The number of carbonyl (C=O) groups excluding carboxylic acids is 1. The van der Waals surface area contributed by atoms with E-state index in [1.165, 1.54) is 0 Å². The van der Waals surface area contributed by atoms with Gasteiger partial charge in [-0.15, -0.1) is 0 Å². The van der Waals surface area contributed by atoms with E-state index in [-0.39, 0.29) is 25.0 Å². The molecule has 2 atom stereocenters. The molecule has 2 unspecified atom stereocenters. The minimum absolute atomic E-state index is 0.0880. The zero-order chi connectivity index (χ0) is 11.9. The topological polar surface area (TPSA) is 92.9 Å². The summed E-state index contributed by atoms with van der Waals surface area (Å²) in [7, 11) is 0. The number of ether oxygens (including phenoxy) is 1. The van der Waals surface area contributed by atoms with Gasteiger partial charge in [0.15, 0.2) is 0 Å². The molecule has 0 bridgehead atoms. The molecule has 0 saturated carbocycles. The maximum atomic E-state index is 12.1. The van der Waals surface area contributed by atoms with Crippen molar-refractivity contribution < 1.29 is 19.4 Å². The van der Waals surface area contributed by atoms with E-state index in [0.717, 1.165) is 0 Å². The molecule has 3 N–H and O–H groups in total. The quantitative estimate of drug-likeness (QED) is 0.625. The molecule has 2 saturated heterocycles. The second kappa shape index (κ2) is 3.71. The highest BCUT2D eigenvalue weighted by Crippen LogP contribution is 2.32. The summed E-state index contributed by atoms with van der Waals surface area (Å²) in [6.07, 6.45) is 0. The first-order valence-electron chi connectivity index (χ1n) is 5.30. The number of carbonyl (C=O) groups is 2. The standard InChI is InChI=1S/C10H16N2O4/c1-10(5-16-4-7(10)11)9(15)12-2-6(3-12)8(13)14/h6-7H,2-5,11H2,1H3,(H,13,14). The van der Waals surface area contributed by atoms with Gasteiger partial charge in [0.25, 0.3) is 0 Å². The Labute approximate surface area is 93.3 Å². The van der Waals surface area contributed by atoms with Gasteiger partial charge in [0, 0.05) is 19.1 Å². The number of nitrogens with two attached hydrogens (primary N) is 1. The van der Waals surface area contributed by atoms with Crippen LogP contribution in [0.15, 0.2) is 0 Å². The molecule has 1 amide bonds. The molecule has 2 aliphatic heterocycles. The number of hydrogen-bond donors (Lipinski definition) is 2. The summed E-state index contributed by atoms with van der Waals surface area (Å²) < 4.78 is 5.20. The summed E-state index contributed by atoms with van der Waals surface area (Å²) >= 11 is 0. The first kappa shape index (κ1) is 11.3. The fourth-order valence-electron chi connectivity index (χ4n) is 2.07. The Morgan fingerprint density at radius 3 is 2.56 bits per heavy atom. The lowest BCUT2D eigenvalue weighted by Gasteiger charge is -2.41. The zero-order valence-corrected chi connectivity index (χ0v) is 9.18. The molecule has 6 nitrogen and oxygen atoms in total. The minimum Gasteiger partial charge on any atom is -0.481 e. The third-order valence-corrected chi connectivity index (χ3v) is 3.52. The van der Waals surface area contributed by atoms with Crippen LogP contribution in [0.3, 0.4) is 0 Å². The average molecular weight is 228 g/mol. The van der Waals surface area contributed by atoms with E-state index in [2.05, 4.69) is 0 Å². The maximum Gasteiger partial charge on any atom is 0.310 e. The molecule has 0 spiro atoms. The Morgan fingerprint density at radius 2 is 2.12 bits per heavy atom. The minimum atomic E-state index is -0.846. The molecule has 0 aromatic heterocycles. The third-order valence-electron chi connectivity index (χ3n) is 3.52. The van der Waals surface area contributed by atoms with Crippen molar-refractivity contribution in [1.29, 1.82) is 0 Å². The molecule has 2 rings (SSSR count). The number of hydrogen-bond acceptors (Lipinski definition) is 4. The number of rotatable bonds is 2. The van der Waals surface area contributed by atoms with Gasteiger partial charge in [0.05, 0.1) is 24.5 Å². The van der Waals surface area contributed by atoms with E-state index in [1.54, 1.807) is 11.8 Å². The van der Waals surface area contributed by atoms with Crippen molar-refractivity contribution in [2.75, 3.05) is 26.3 Å². The number of nitrogens with zero attached hydrogens (tertiary/aromatic N) is 1. The third kappa shape index (κ3) is 1.58. The van der Waals surface area contributed by atoms with Crippen molar-refractivity contribution in [3.63, 3.8) is 0 Å². The Hall–Kier alpha value is -1.14. The van der Waals surface area contributed by atoms with Gasteiger partial charge in [-0.1, -0.05) is 0 Å². The van der Waals surface area contributed by atoms with Crippen LogP contribution in [0, 0.1) is 11.3 Å². The zero-order valence-electron chi connectivity index (χ0n) is 9.18. The summed E-state index contributed by atoms with van der Waals surface area (Å²) in [6, 6.07) is -0.302. The fourth-order valence-corrected chi connectivity index (χ4v) is 2.07. The first-order valence-corrected chi connectivity index (χ1v) is 5.30.